The predicted molar refractivity (Wildman–Crippen MR) is 94.8 cm³/mol. The van der Waals surface area contributed by atoms with Crippen molar-refractivity contribution in [3.05, 3.63) is 58.0 Å². The molecule has 0 saturated carbocycles. The fourth-order valence-electron chi connectivity index (χ4n) is 1.93. The summed E-state index contributed by atoms with van der Waals surface area (Å²) in [7, 11) is 0. The third-order valence-electron chi connectivity index (χ3n) is 3.20. The zero-order chi connectivity index (χ0) is 18.1. The number of ether oxygens (including phenoxy) is 1. The number of amides is 2. The van der Waals surface area contributed by atoms with Crippen LogP contribution in [0.25, 0.3) is 0 Å². The Morgan fingerprint density at radius 2 is 1.96 bits per heavy atom. The zero-order valence-electron chi connectivity index (χ0n) is 13.4. The van der Waals surface area contributed by atoms with Gasteiger partial charge in [0, 0.05) is 18.7 Å². The van der Waals surface area contributed by atoms with E-state index >= 15 is 0 Å². The maximum absolute atomic E-state index is 11.9. The Morgan fingerprint density at radius 3 is 2.68 bits per heavy atom. The Bertz CT molecular complexity index is 705. The van der Waals surface area contributed by atoms with Crippen LogP contribution < -0.4 is 10.6 Å². The molecule has 0 aliphatic carbocycles. The van der Waals surface area contributed by atoms with E-state index in [4.69, 9.17) is 32.4 Å². The van der Waals surface area contributed by atoms with E-state index in [1.54, 1.807) is 12.3 Å². The second-order valence-electron chi connectivity index (χ2n) is 5.15. The van der Waals surface area contributed by atoms with Gasteiger partial charge >= 0.3 is 0 Å². The number of furan rings is 1. The minimum Gasteiger partial charge on any atom is -0.467 e. The molecule has 0 saturated heterocycles. The molecular formula is C17H18Cl2N2O4. The summed E-state index contributed by atoms with van der Waals surface area (Å²) >= 11 is 11.6. The molecule has 1 aromatic carbocycles. The average Bonchev–Trinajstić information content (AvgIpc) is 3.11. The maximum atomic E-state index is 11.9. The lowest BCUT2D eigenvalue weighted by Gasteiger charge is -2.08. The Morgan fingerprint density at radius 1 is 1.12 bits per heavy atom. The van der Waals surface area contributed by atoms with Crippen molar-refractivity contribution in [3.63, 3.8) is 0 Å². The molecule has 0 unspecified atom stereocenters. The molecular weight excluding hydrogens is 367 g/mol. The summed E-state index contributed by atoms with van der Waals surface area (Å²) in [6.45, 7) is 1.24. The third kappa shape index (κ3) is 6.78. The Labute approximate surface area is 155 Å². The second-order valence-corrected chi connectivity index (χ2v) is 5.96. The van der Waals surface area contributed by atoms with Crippen LogP contribution in [0.5, 0.6) is 0 Å². The van der Waals surface area contributed by atoms with Gasteiger partial charge in [0.2, 0.25) is 5.91 Å². The van der Waals surface area contributed by atoms with E-state index in [2.05, 4.69) is 10.6 Å². The van der Waals surface area contributed by atoms with Crippen LogP contribution in [0.15, 0.2) is 41.0 Å². The van der Waals surface area contributed by atoms with E-state index in [0.717, 1.165) is 5.76 Å². The summed E-state index contributed by atoms with van der Waals surface area (Å²) in [5.74, 6) is 0.0870. The normalized spacial score (nSPS) is 10.5. The number of hydrogen-bond donors (Lipinski definition) is 2. The lowest BCUT2D eigenvalue weighted by Crippen LogP contribution is -2.37. The molecule has 6 nitrogen and oxygen atoms in total. The fraction of sp³-hybridized carbons (Fsp3) is 0.294. The SMILES string of the molecule is O=C(CNC(=O)c1ccc(Cl)c(Cl)c1)NCCCOCc1ccco1. The minimum atomic E-state index is -0.393. The van der Waals surface area contributed by atoms with Crippen molar-refractivity contribution in [3.8, 4) is 0 Å². The van der Waals surface area contributed by atoms with Crippen molar-refractivity contribution in [2.75, 3.05) is 19.7 Å². The molecule has 134 valence electrons. The largest absolute Gasteiger partial charge is 0.467 e. The van der Waals surface area contributed by atoms with Crippen LogP contribution in [0.1, 0.15) is 22.5 Å². The molecule has 2 rings (SSSR count). The van der Waals surface area contributed by atoms with E-state index < -0.39 is 5.91 Å². The fourth-order valence-corrected chi connectivity index (χ4v) is 2.23. The monoisotopic (exact) mass is 384 g/mol. The number of halogens is 2. The second kappa shape index (κ2) is 10.1. The van der Waals surface area contributed by atoms with Crippen molar-refractivity contribution in [2.45, 2.75) is 13.0 Å². The molecule has 0 aliphatic rings. The molecule has 2 amide bonds. The molecule has 8 heteroatoms. The molecule has 1 heterocycles. The van der Waals surface area contributed by atoms with Crippen molar-refractivity contribution >= 4 is 35.0 Å². The van der Waals surface area contributed by atoms with Gasteiger partial charge in [-0.3, -0.25) is 9.59 Å². The van der Waals surface area contributed by atoms with Gasteiger partial charge in [0.15, 0.2) is 0 Å². The average molecular weight is 385 g/mol. The highest BCUT2D eigenvalue weighted by atomic mass is 35.5. The Balaban J connectivity index is 1.57. The first-order chi connectivity index (χ1) is 12.1. The molecule has 0 fully saturated rings. The van der Waals surface area contributed by atoms with Gasteiger partial charge in [-0.15, -0.1) is 0 Å². The first kappa shape index (κ1) is 19.3. The van der Waals surface area contributed by atoms with Crippen LogP contribution in [-0.4, -0.2) is 31.5 Å². The third-order valence-corrected chi connectivity index (χ3v) is 3.94. The summed E-state index contributed by atoms with van der Waals surface area (Å²) in [5, 5.41) is 5.87. The Hall–Kier alpha value is -2.02. The summed E-state index contributed by atoms with van der Waals surface area (Å²) in [6.07, 6.45) is 2.25. The molecule has 0 spiro atoms. The molecule has 2 aromatic rings. The van der Waals surface area contributed by atoms with Crippen LogP contribution in [0.4, 0.5) is 0 Å². The van der Waals surface area contributed by atoms with Gasteiger partial charge in [0.05, 0.1) is 22.9 Å². The highest BCUT2D eigenvalue weighted by Crippen LogP contribution is 2.22. The smallest absolute Gasteiger partial charge is 0.251 e. The van der Waals surface area contributed by atoms with E-state index in [9.17, 15) is 9.59 Å². The van der Waals surface area contributed by atoms with Gasteiger partial charge < -0.3 is 19.8 Å². The van der Waals surface area contributed by atoms with Gasteiger partial charge in [0.1, 0.15) is 12.4 Å². The molecule has 0 aliphatic heterocycles. The van der Waals surface area contributed by atoms with Crippen LogP contribution >= 0.6 is 23.2 Å². The number of hydrogen-bond acceptors (Lipinski definition) is 4. The topological polar surface area (TPSA) is 80.6 Å². The summed E-state index contributed by atoms with van der Waals surface area (Å²) in [6, 6.07) is 8.15. The van der Waals surface area contributed by atoms with Crippen LogP contribution in [0.3, 0.4) is 0 Å². The minimum absolute atomic E-state index is 0.119. The van der Waals surface area contributed by atoms with Gasteiger partial charge in [0.25, 0.3) is 5.91 Å². The van der Waals surface area contributed by atoms with E-state index in [1.165, 1.54) is 18.2 Å². The van der Waals surface area contributed by atoms with Crippen LogP contribution in [0, 0.1) is 0 Å². The number of rotatable bonds is 9. The standard InChI is InChI=1S/C17H18Cl2N2O4/c18-14-5-4-12(9-15(14)19)17(23)21-10-16(22)20-6-2-7-24-11-13-3-1-8-25-13/h1,3-5,8-9H,2,6-7,10-11H2,(H,20,22)(H,21,23). The van der Waals surface area contributed by atoms with Crippen molar-refractivity contribution in [1.82, 2.24) is 10.6 Å². The van der Waals surface area contributed by atoms with Gasteiger partial charge in [-0.1, -0.05) is 23.2 Å². The summed E-state index contributed by atoms with van der Waals surface area (Å²) in [4.78, 5) is 23.6. The highest BCUT2D eigenvalue weighted by Gasteiger charge is 2.09. The lowest BCUT2D eigenvalue weighted by atomic mass is 10.2. The predicted octanol–water partition coefficient (Wildman–Crippen LogP) is 3.04. The van der Waals surface area contributed by atoms with E-state index in [1.807, 2.05) is 6.07 Å². The van der Waals surface area contributed by atoms with Crippen molar-refractivity contribution < 1.29 is 18.7 Å². The summed E-state index contributed by atoms with van der Waals surface area (Å²) < 4.78 is 10.5. The van der Waals surface area contributed by atoms with Crippen LogP contribution in [-0.2, 0) is 16.1 Å². The molecule has 2 N–H and O–H groups in total. The van der Waals surface area contributed by atoms with Gasteiger partial charge in [-0.25, -0.2) is 0 Å². The first-order valence-corrected chi connectivity index (χ1v) is 8.42. The molecule has 0 atom stereocenters. The number of benzene rings is 1. The number of nitrogens with one attached hydrogen (secondary N) is 2. The maximum Gasteiger partial charge on any atom is 0.251 e. The van der Waals surface area contributed by atoms with Crippen LogP contribution in [0.2, 0.25) is 10.0 Å². The highest BCUT2D eigenvalue weighted by molar-refractivity contribution is 6.42. The molecule has 25 heavy (non-hydrogen) atoms. The zero-order valence-corrected chi connectivity index (χ0v) is 14.9. The first-order valence-electron chi connectivity index (χ1n) is 7.66. The molecule has 0 radical (unpaired) electrons. The van der Waals surface area contributed by atoms with E-state index in [-0.39, 0.29) is 17.5 Å². The van der Waals surface area contributed by atoms with E-state index in [0.29, 0.717) is 36.8 Å². The quantitative estimate of drug-likeness (QED) is 0.651. The molecule has 0 bridgehead atoms. The van der Waals surface area contributed by atoms with Crippen molar-refractivity contribution in [1.29, 1.82) is 0 Å². The lowest BCUT2D eigenvalue weighted by molar-refractivity contribution is -0.120. The Kier molecular flexibility index (Phi) is 7.78. The number of carbonyl (C=O) groups is 2. The van der Waals surface area contributed by atoms with Gasteiger partial charge in [-0.2, -0.15) is 0 Å². The van der Waals surface area contributed by atoms with Gasteiger partial charge in [-0.05, 0) is 36.8 Å². The van der Waals surface area contributed by atoms with Crippen molar-refractivity contribution in [2.24, 2.45) is 0 Å². The number of carbonyl (C=O) groups excluding carboxylic acids is 2. The summed E-state index contributed by atoms with van der Waals surface area (Å²) in [5.41, 5.74) is 0.341. The molecule has 1 aromatic heterocycles.